The van der Waals surface area contributed by atoms with Gasteiger partial charge in [-0.3, -0.25) is 9.78 Å². The number of hydrogen-bond donors (Lipinski definition) is 1. The summed E-state index contributed by atoms with van der Waals surface area (Å²) in [6, 6.07) is 9.11. The lowest BCUT2D eigenvalue weighted by Crippen LogP contribution is -2.14. The van der Waals surface area contributed by atoms with Crippen LogP contribution in [0.5, 0.6) is 0 Å². The summed E-state index contributed by atoms with van der Waals surface area (Å²) < 4.78 is 14.6. The zero-order valence-corrected chi connectivity index (χ0v) is 11.6. The van der Waals surface area contributed by atoms with Crippen LogP contribution in [-0.4, -0.2) is 19.7 Å². The molecule has 6 heteroatoms. The lowest BCUT2D eigenvalue weighted by Gasteiger charge is -2.06. The van der Waals surface area contributed by atoms with Crippen molar-refractivity contribution in [1.29, 1.82) is 0 Å². The molecule has 0 amide bonds. The molecule has 0 spiro atoms. The van der Waals surface area contributed by atoms with Crippen LogP contribution in [0.25, 0.3) is 17.2 Å². The first-order valence-corrected chi connectivity index (χ1v) is 6.44. The number of nitrogens with one attached hydrogen (secondary N) is 1. The van der Waals surface area contributed by atoms with Crippen LogP contribution < -0.4 is 5.56 Å². The summed E-state index contributed by atoms with van der Waals surface area (Å²) >= 11 is 0. The number of hydrogen-bond acceptors (Lipinski definition) is 3. The Labute approximate surface area is 120 Å². The number of nitrogens with zero attached hydrogens (tertiary/aromatic N) is 3. The third kappa shape index (κ3) is 2.60. The summed E-state index contributed by atoms with van der Waals surface area (Å²) in [4.78, 5) is 18.9. The van der Waals surface area contributed by atoms with Crippen molar-refractivity contribution in [1.82, 2.24) is 19.7 Å². The molecular weight excluding hydrogens is 271 g/mol. The molecule has 3 rings (SSSR count). The van der Waals surface area contributed by atoms with Crippen molar-refractivity contribution in [2.45, 2.75) is 13.8 Å². The molecule has 1 aromatic carbocycles. The maximum atomic E-state index is 13.0. The molecule has 0 radical (unpaired) electrons. The van der Waals surface area contributed by atoms with E-state index in [4.69, 9.17) is 0 Å². The van der Waals surface area contributed by atoms with Gasteiger partial charge in [-0.2, -0.15) is 5.10 Å². The summed E-state index contributed by atoms with van der Waals surface area (Å²) in [5.74, 6) is 0.00906. The highest BCUT2D eigenvalue weighted by atomic mass is 19.1. The molecule has 0 aliphatic rings. The van der Waals surface area contributed by atoms with Crippen molar-refractivity contribution in [2.75, 3.05) is 0 Å². The van der Waals surface area contributed by atoms with Gasteiger partial charge in [0, 0.05) is 17.3 Å². The second kappa shape index (κ2) is 4.97. The van der Waals surface area contributed by atoms with Gasteiger partial charge in [0.2, 0.25) is 5.95 Å². The molecule has 0 bridgehead atoms. The van der Waals surface area contributed by atoms with E-state index in [1.165, 1.54) is 18.2 Å². The minimum absolute atomic E-state index is 0.285. The van der Waals surface area contributed by atoms with Gasteiger partial charge < -0.3 is 0 Å². The Hall–Kier alpha value is -2.76. The van der Waals surface area contributed by atoms with E-state index in [9.17, 15) is 9.18 Å². The topological polar surface area (TPSA) is 63.6 Å². The Morgan fingerprint density at radius 3 is 2.48 bits per heavy atom. The summed E-state index contributed by atoms with van der Waals surface area (Å²) in [5, 5.41) is 4.29. The summed E-state index contributed by atoms with van der Waals surface area (Å²) in [7, 11) is 0. The van der Waals surface area contributed by atoms with Gasteiger partial charge in [0.15, 0.2) is 0 Å². The lowest BCUT2D eigenvalue weighted by molar-refractivity contribution is 0.628. The van der Waals surface area contributed by atoms with Gasteiger partial charge in [0.05, 0.1) is 11.4 Å². The zero-order chi connectivity index (χ0) is 15.0. The number of aromatic nitrogens is 4. The van der Waals surface area contributed by atoms with Crippen molar-refractivity contribution < 1.29 is 4.39 Å². The normalized spacial score (nSPS) is 10.8. The van der Waals surface area contributed by atoms with E-state index in [0.29, 0.717) is 17.2 Å². The highest BCUT2D eigenvalue weighted by molar-refractivity contribution is 5.59. The largest absolute Gasteiger partial charge is 0.291 e. The number of aryl methyl sites for hydroxylation is 2. The molecule has 106 valence electrons. The zero-order valence-electron chi connectivity index (χ0n) is 11.6. The average molecular weight is 284 g/mol. The Kier molecular flexibility index (Phi) is 3.13. The van der Waals surface area contributed by atoms with Gasteiger partial charge in [0.1, 0.15) is 5.82 Å². The van der Waals surface area contributed by atoms with E-state index in [1.54, 1.807) is 16.8 Å². The molecule has 21 heavy (non-hydrogen) atoms. The molecule has 1 N–H and O–H groups in total. The van der Waals surface area contributed by atoms with Gasteiger partial charge in [-0.05, 0) is 44.2 Å². The fourth-order valence-electron chi connectivity index (χ4n) is 2.16. The Balaban J connectivity index is 2.14. The van der Waals surface area contributed by atoms with Crippen molar-refractivity contribution in [3.63, 3.8) is 0 Å². The molecule has 2 aromatic heterocycles. The molecule has 2 heterocycles. The van der Waals surface area contributed by atoms with E-state index < -0.39 is 0 Å². The van der Waals surface area contributed by atoms with E-state index in [2.05, 4.69) is 15.1 Å². The van der Waals surface area contributed by atoms with Crippen molar-refractivity contribution >= 4 is 0 Å². The summed E-state index contributed by atoms with van der Waals surface area (Å²) in [6.45, 7) is 3.75. The predicted molar refractivity (Wildman–Crippen MR) is 76.8 cm³/mol. The third-order valence-corrected chi connectivity index (χ3v) is 3.08. The van der Waals surface area contributed by atoms with Crippen LogP contribution in [0.4, 0.5) is 4.39 Å². The van der Waals surface area contributed by atoms with Gasteiger partial charge >= 0.3 is 0 Å². The van der Waals surface area contributed by atoms with E-state index in [-0.39, 0.29) is 11.4 Å². The van der Waals surface area contributed by atoms with E-state index in [0.717, 1.165) is 11.4 Å². The van der Waals surface area contributed by atoms with Crippen LogP contribution in [0.3, 0.4) is 0 Å². The van der Waals surface area contributed by atoms with Crippen molar-refractivity contribution in [2.24, 2.45) is 0 Å². The minimum atomic E-state index is -0.331. The van der Waals surface area contributed by atoms with Gasteiger partial charge in [-0.15, -0.1) is 0 Å². The molecule has 0 saturated carbocycles. The highest BCUT2D eigenvalue weighted by Gasteiger charge is 2.09. The standard InChI is InChI=1S/C15H13FN4O/c1-9-7-10(2)20(19-9)15-17-13(8-14(21)18-15)11-3-5-12(16)6-4-11/h3-8H,1-2H3,(H,17,18,21). The molecule has 0 fully saturated rings. The van der Waals surface area contributed by atoms with Gasteiger partial charge in [0.25, 0.3) is 5.56 Å². The first-order chi connectivity index (χ1) is 10.0. The number of benzene rings is 1. The molecule has 0 unspecified atom stereocenters. The number of H-pyrrole nitrogens is 1. The fourth-order valence-corrected chi connectivity index (χ4v) is 2.16. The minimum Gasteiger partial charge on any atom is -0.291 e. The monoisotopic (exact) mass is 284 g/mol. The van der Waals surface area contributed by atoms with E-state index in [1.807, 2.05) is 19.9 Å². The van der Waals surface area contributed by atoms with Gasteiger partial charge in [-0.1, -0.05) is 0 Å². The molecule has 0 atom stereocenters. The summed E-state index contributed by atoms with van der Waals surface area (Å²) in [5.41, 5.74) is 2.56. The highest BCUT2D eigenvalue weighted by Crippen LogP contribution is 2.17. The van der Waals surface area contributed by atoms with Crippen LogP contribution in [0.15, 0.2) is 41.2 Å². The first kappa shape index (κ1) is 13.2. The second-order valence-electron chi connectivity index (χ2n) is 4.80. The molecule has 0 aliphatic heterocycles. The predicted octanol–water partition coefficient (Wildman–Crippen LogP) is 2.38. The van der Waals surface area contributed by atoms with Crippen LogP contribution in [0, 0.1) is 19.7 Å². The summed E-state index contributed by atoms with van der Waals surface area (Å²) in [6.07, 6.45) is 0. The molecule has 0 saturated heterocycles. The van der Waals surface area contributed by atoms with Gasteiger partial charge in [-0.25, -0.2) is 14.1 Å². The average Bonchev–Trinajstić information content (AvgIpc) is 2.78. The second-order valence-corrected chi connectivity index (χ2v) is 4.80. The maximum absolute atomic E-state index is 13.0. The third-order valence-electron chi connectivity index (χ3n) is 3.08. The van der Waals surface area contributed by atoms with Crippen LogP contribution in [0.1, 0.15) is 11.4 Å². The number of halogens is 1. The maximum Gasteiger partial charge on any atom is 0.252 e. The first-order valence-electron chi connectivity index (χ1n) is 6.44. The van der Waals surface area contributed by atoms with Crippen molar-refractivity contribution in [3.8, 4) is 17.2 Å². The molecule has 3 aromatic rings. The SMILES string of the molecule is Cc1cc(C)n(-c2nc(-c3ccc(F)cc3)cc(=O)[nH]2)n1. The Morgan fingerprint density at radius 1 is 1.14 bits per heavy atom. The Bertz CT molecular complexity index is 849. The molecule has 5 nitrogen and oxygen atoms in total. The van der Waals surface area contributed by atoms with Crippen LogP contribution in [-0.2, 0) is 0 Å². The lowest BCUT2D eigenvalue weighted by atomic mass is 10.1. The van der Waals surface area contributed by atoms with Crippen LogP contribution in [0.2, 0.25) is 0 Å². The van der Waals surface area contributed by atoms with Crippen molar-refractivity contribution in [3.05, 3.63) is 64.0 Å². The quantitative estimate of drug-likeness (QED) is 0.785. The number of rotatable bonds is 2. The molecular formula is C15H13FN4O. The fraction of sp³-hybridized carbons (Fsp3) is 0.133. The van der Waals surface area contributed by atoms with E-state index >= 15 is 0 Å². The smallest absolute Gasteiger partial charge is 0.252 e. The Morgan fingerprint density at radius 2 is 1.86 bits per heavy atom. The number of aromatic amines is 1. The van der Waals surface area contributed by atoms with Crippen LogP contribution >= 0.6 is 0 Å². The molecule has 0 aliphatic carbocycles.